The molecule has 2 aliphatic rings. The molecule has 0 saturated carbocycles. The van der Waals surface area contributed by atoms with Gasteiger partial charge in [0.1, 0.15) is 11.4 Å². The molecule has 2 saturated heterocycles. The van der Waals surface area contributed by atoms with E-state index in [1.54, 1.807) is 0 Å². The Kier molecular flexibility index (Phi) is 4.81. The molecule has 0 aliphatic carbocycles. The first-order chi connectivity index (χ1) is 12.5. The number of fused-ring (bicyclic) bond motifs is 1. The van der Waals surface area contributed by atoms with Gasteiger partial charge in [-0.25, -0.2) is 4.98 Å². The van der Waals surface area contributed by atoms with Crippen molar-refractivity contribution in [2.75, 3.05) is 39.3 Å². The normalized spacial score (nSPS) is 21.6. The van der Waals surface area contributed by atoms with Crippen molar-refractivity contribution in [2.45, 2.75) is 32.9 Å². The van der Waals surface area contributed by atoms with Crippen LogP contribution in [0.25, 0.3) is 10.2 Å². The Morgan fingerprint density at radius 3 is 2.85 bits per heavy atom. The average molecular weight is 375 g/mol. The summed E-state index contributed by atoms with van der Waals surface area (Å²) in [4.78, 5) is 36.1. The van der Waals surface area contributed by atoms with Crippen LogP contribution in [0.2, 0.25) is 0 Å². The van der Waals surface area contributed by atoms with E-state index in [1.807, 2.05) is 18.7 Å². The number of carbonyl (C=O) groups excluding carboxylic acids is 1. The molecule has 0 aromatic carbocycles. The third kappa shape index (κ3) is 3.17. The number of nitrogens with one attached hydrogen (secondary N) is 1. The van der Waals surface area contributed by atoms with E-state index in [-0.39, 0.29) is 18.0 Å². The van der Waals surface area contributed by atoms with Gasteiger partial charge < -0.3 is 10.2 Å². The minimum atomic E-state index is -0.108. The van der Waals surface area contributed by atoms with Crippen molar-refractivity contribution in [1.82, 2.24) is 24.7 Å². The number of likely N-dealkylation sites (tertiary alicyclic amines) is 1. The molecule has 1 amide bonds. The molecule has 1 N–H and O–H groups in total. The van der Waals surface area contributed by atoms with E-state index in [1.165, 1.54) is 22.2 Å². The number of amides is 1. The minimum absolute atomic E-state index is 0.00971. The second-order valence-corrected chi connectivity index (χ2v) is 8.41. The molecule has 2 aliphatic heterocycles. The summed E-state index contributed by atoms with van der Waals surface area (Å²) < 4.78 is 1.46. The molecule has 26 heavy (non-hydrogen) atoms. The van der Waals surface area contributed by atoms with Crippen molar-refractivity contribution in [3.63, 3.8) is 0 Å². The van der Waals surface area contributed by atoms with Crippen molar-refractivity contribution in [1.29, 1.82) is 0 Å². The van der Waals surface area contributed by atoms with Gasteiger partial charge >= 0.3 is 0 Å². The van der Waals surface area contributed by atoms with Gasteiger partial charge in [0.05, 0.1) is 11.7 Å². The summed E-state index contributed by atoms with van der Waals surface area (Å²) in [5.41, 5.74) is 0.868. The first-order valence-corrected chi connectivity index (χ1v) is 10.0. The van der Waals surface area contributed by atoms with Crippen molar-refractivity contribution in [2.24, 2.45) is 0 Å². The Labute approximate surface area is 156 Å². The van der Waals surface area contributed by atoms with Crippen LogP contribution in [0.15, 0.2) is 11.1 Å². The molecule has 4 heterocycles. The van der Waals surface area contributed by atoms with Crippen LogP contribution in [0.3, 0.4) is 0 Å². The van der Waals surface area contributed by atoms with Crippen molar-refractivity contribution in [3.8, 4) is 0 Å². The summed E-state index contributed by atoms with van der Waals surface area (Å²) in [5.74, 6) is 0.00971. The van der Waals surface area contributed by atoms with Crippen LogP contribution in [0.1, 0.15) is 16.9 Å². The monoisotopic (exact) mass is 375 g/mol. The minimum Gasteiger partial charge on any atom is -0.340 e. The number of hydrogen-bond acceptors (Lipinski definition) is 6. The van der Waals surface area contributed by atoms with Crippen LogP contribution < -0.4 is 10.9 Å². The fourth-order valence-corrected chi connectivity index (χ4v) is 4.93. The molecule has 8 heteroatoms. The topological polar surface area (TPSA) is 70.5 Å². The zero-order valence-electron chi connectivity index (χ0n) is 15.3. The molecule has 4 rings (SSSR count). The Balaban J connectivity index is 1.47. The van der Waals surface area contributed by atoms with Gasteiger partial charge in [-0.2, -0.15) is 0 Å². The molecule has 2 aromatic heterocycles. The highest BCUT2D eigenvalue weighted by atomic mass is 32.1. The number of aryl methyl sites for hydroxylation is 2. The number of hydrogen-bond donors (Lipinski definition) is 1. The Bertz CT molecular complexity index is 884. The van der Waals surface area contributed by atoms with E-state index in [4.69, 9.17) is 0 Å². The average Bonchev–Trinajstić information content (AvgIpc) is 3.24. The highest BCUT2D eigenvalue weighted by Gasteiger charge is 2.31. The van der Waals surface area contributed by atoms with E-state index in [9.17, 15) is 9.59 Å². The fourth-order valence-electron chi connectivity index (χ4n) is 3.94. The molecule has 140 valence electrons. The Morgan fingerprint density at radius 2 is 2.08 bits per heavy atom. The lowest BCUT2D eigenvalue weighted by Gasteiger charge is -2.32. The zero-order chi connectivity index (χ0) is 18.3. The van der Waals surface area contributed by atoms with Crippen LogP contribution in [-0.4, -0.2) is 70.6 Å². The van der Waals surface area contributed by atoms with Gasteiger partial charge in [0.15, 0.2) is 0 Å². The van der Waals surface area contributed by atoms with Crippen LogP contribution in [0.5, 0.6) is 0 Å². The third-order valence-electron chi connectivity index (χ3n) is 5.65. The maximum Gasteiger partial charge on any atom is 0.262 e. The summed E-state index contributed by atoms with van der Waals surface area (Å²) in [5, 5.41) is 4.02. The maximum absolute atomic E-state index is 12.8. The standard InChI is InChI=1S/C18H25N5O2S/c1-12-13(2)26-17-16(12)18(25)23(11-20-17)10-15(24)22-6-3-14(9-22)21-7-4-19-5-8-21/h11,14,19H,3-10H2,1-2H3. The number of carbonyl (C=O) groups is 1. The van der Waals surface area contributed by atoms with Crippen molar-refractivity contribution in [3.05, 3.63) is 27.1 Å². The molecule has 2 fully saturated rings. The van der Waals surface area contributed by atoms with Crippen molar-refractivity contribution >= 4 is 27.5 Å². The van der Waals surface area contributed by atoms with Gasteiger partial charge in [0, 0.05) is 50.2 Å². The lowest BCUT2D eigenvalue weighted by atomic mass is 10.2. The largest absolute Gasteiger partial charge is 0.340 e. The summed E-state index contributed by atoms with van der Waals surface area (Å²) in [6, 6.07) is 0.445. The Morgan fingerprint density at radius 1 is 1.31 bits per heavy atom. The predicted octanol–water partition coefficient (Wildman–Crippen LogP) is 0.581. The van der Waals surface area contributed by atoms with Gasteiger partial charge in [0.2, 0.25) is 5.91 Å². The molecule has 0 spiro atoms. The van der Waals surface area contributed by atoms with Crippen LogP contribution in [0, 0.1) is 13.8 Å². The van der Waals surface area contributed by atoms with Gasteiger partial charge in [-0.05, 0) is 25.8 Å². The van der Waals surface area contributed by atoms with E-state index in [0.29, 0.717) is 11.4 Å². The fraction of sp³-hybridized carbons (Fsp3) is 0.611. The molecular weight excluding hydrogens is 350 g/mol. The number of nitrogens with zero attached hydrogens (tertiary/aromatic N) is 4. The lowest BCUT2D eigenvalue weighted by Crippen LogP contribution is -2.49. The van der Waals surface area contributed by atoms with E-state index >= 15 is 0 Å². The second-order valence-electron chi connectivity index (χ2n) is 7.21. The Hall–Kier alpha value is -1.77. The zero-order valence-corrected chi connectivity index (χ0v) is 16.1. The first-order valence-electron chi connectivity index (χ1n) is 9.22. The molecule has 0 radical (unpaired) electrons. The summed E-state index contributed by atoms with van der Waals surface area (Å²) >= 11 is 1.53. The van der Waals surface area contributed by atoms with Gasteiger partial charge in [-0.1, -0.05) is 0 Å². The maximum atomic E-state index is 12.8. The van der Waals surface area contributed by atoms with Gasteiger partial charge in [-0.3, -0.25) is 19.1 Å². The highest BCUT2D eigenvalue weighted by Crippen LogP contribution is 2.25. The molecule has 1 unspecified atom stereocenters. The summed E-state index contributed by atoms with van der Waals surface area (Å²) in [7, 11) is 0. The molecular formula is C18H25N5O2S. The highest BCUT2D eigenvalue weighted by molar-refractivity contribution is 7.18. The number of aromatic nitrogens is 2. The van der Waals surface area contributed by atoms with Crippen molar-refractivity contribution < 1.29 is 4.79 Å². The van der Waals surface area contributed by atoms with E-state index in [2.05, 4.69) is 15.2 Å². The van der Waals surface area contributed by atoms with Crippen LogP contribution >= 0.6 is 11.3 Å². The SMILES string of the molecule is Cc1sc2ncn(CC(=O)N3CCC(N4CCNCC4)C3)c(=O)c2c1C. The lowest BCUT2D eigenvalue weighted by molar-refractivity contribution is -0.131. The molecule has 0 bridgehead atoms. The third-order valence-corrected chi connectivity index (χ3v) is 6.76. The smallest absolute Gasteiger partial charge is 0.262 e. The van der Waals surface area contributed by atoms with Crippen LogP contribution in [0.4, 0.5) is 0 Å². The molecule has 7 nitrogen and oxygen atoms in total. The first kappa shape index (κ1) is 17.6. The summed E-state index contributed by atoms with van der Waals surface area (Å²) in [6.07, 6.45) is 2.53. The molecule has 1 atom stereocenters. The number of thiophene rings is 1. The second kappa shape index (κ2) is 7.09. The van der Waals surface area contributed by atoms with Gasteiger partial charge in [0.25, 0.3) is 5.56 Å². The van der Waals surface area contributed by atoms with E-state index < -0.39 is 0 Å². The quantitative estimate of drug-likeness (QED) is 0.850. The van der Waals surface area contributed by atoms with E-state index in [0.717, 1.165) is 61.0 Å². The van der Waals surface area contributed by atoms with Crippen LogP contribution in [-0.2, 0) is 11.3 Å². The number of piperazine rings is 1. The summed E-state index contributed by atoms with van der Waals surface area (Å²) in [6.45, 7) is 9.68. The number of rotatable bonds is 3. The van der Waals surface area contributed by atoms with Gasteiger partial charge in [-0.15, -0.1) is 11.3 Å². The molecule has 2 aromatic rings. The predicted molar refractivity (Wildman–Crippen MR) is 103 cm³/mol.